The first-order valence-electron chi connectivity index (χ1n) is 6.07. The zero-order valence-electron chi connectivity index (χ0n) is 10.8. The summed E-state index contributed by atoms with van der Waals surface area (Å²) in [6.07, 6.45) is 0. The van der Waals surface area contributed by atoms with Crippen LogP contribution >= 0.6 is 12.6 Å². The summed E-state index contributed by atoms with van der Waals surface area (Å²) in [6.45, 7) is 0. The van der Waals surface area contributed by atoms with E-state index in [0.29, 0.717) is 0 Å². The summed E-state index contributed by atoms with van der Waals surface area (Å²) < 4.78 is 5.23. The Labute approximate surface area is 119 Å². The molecule has 0 amide bonds. The zero-order valence-corrected chi connectivity index (χ0v) is 11.7. The number of hydrogen-bond acceptors (Lipinski definition) is 2. The number of hydrogen-bond donors (Lipinski definition) is 1. The number of ether oxygens (including phenoxy) is 1. The van der Waals surface area contributed by atoms with Gasteiger partial charge in [-0.3, -0.25) is 0 Å². The van der Waals surface area contributed by atoms with Gasteiger partial charge in [-0.25, -0.2) is 0 Å². The van der Waals surface area contributed by atoms with Crippen LogP contribution in [0.5, 0.6) is 5.75 Å². The molecule has 3 aromatic carbocycles. The highest BCUT2D eigenvalue weighted by molar-refractivity contribution is 7.80. The SMILES string of the molecule is COc1cccc2ccccc12.Sc1ccccc1. The number of rotatable bonds is 1. The van der Waals surface area contributed by atoms with Crippen molar-refractivity contribution in [3.8, 4) is 5.75 Å². The predicted octanol–water partition coefficient (Wildman–Crippen LogP) is 4.82. The van der Waals surface area contributed by atoms with Gasteiger partial charge in [0.25, 0.3) is 0 Å². The second kappa shape index (κ2) is 6.86. The van der Waals surface area contributed by atoms with Crippen LogP contribution in [-0.4, -0.2) is 7.11 Å². The third-order valence-corrected chi connectivity index (χ3v) is 3.02. The van der Waals surface area contributed by atoms with E-state index < -0.39 is 0 Å². The topological polar surface area (TPSA) is 9.23 Å². The van der Waals surface area contributed by atoms with E-state index >= 15 is 0 Å². The highest BCUT2D eigenvalue weighted by Crippen LogP contribution is 2.24. The Morgan fingerprint density at radius 1 is 0.737 bits per heavy atom. The van der Waals surface area contributed by atoms with Crippen molar-refractivity contribution >= 4 is 23.4 Å². The molecule has 1 nitrogen and oxygen atoms in total. The van der Waals surface area contributed by atoms with E-state index in [9.17, 15) is 0 Å². The van der Waals surface area contributed by atoms with Crippen molar-refractivity contribution in [3.05, 3.63) is 72.8 Å². The fraction of sp³-hybridized carbons (Fsp3) is 0.0588. The maximum Gasteiger partial charge on any atom is 0.126 e. The number of thiol groups is 1. The van der Waals surface area contributed by atoms with Gasteiger partial charge >= 0.3 is 0 Å². The minimum Gasteiger partial charge on any atom is -0.496 e. The van der Waals surface area contributed by atoms with Crippen LogP contribution in [0.25, 0.3) is 10.8 Å². The number of fused-ring (bicyclic) bond motifs is 1. The first-order valence-corrected chi connectivity index (χ1v) is 6.52. The molecular formula is C17H16OS. The first kappa shape index (κ1) is 13.5. The molecule has 3 rings (SSSR count). The van der Waals surface area contributed by atoms with E-state index in [1.54, 1.807) is 7.11 Å². The molecule has 0 aliphatic heterocycles. The van der Waals surface area contributed by atoms with Gasteiger partial charge in [0.2, 0.25) is 0 Å². The fourth-order valence-corrected chi connectivity index (χ4v) is 1.97. The lowest BCUT2D eigenvalue weighted by atomic mass is 10.1. The number of methoxy groups -OCH3 is 1. The summed E-state index contributed by atoms with van der Waals surface area (Å²) in [5.41, 5.74) is 0. The van der Waals surface area contributed by atoms with Crippen LogP contribution in [0.3, 0.4) is 0 Å². The summed E-state index contributed by atoms with van der Waals surface area (Å²) in [5, 5.41) is 2.39. The van der Waals surface area contributed by atoms with Crippen molar-refractivity contribution in [2.24, 2.45) is 0 Å². The van der Waals surface area contributed by atoms with Gasteiger partial charge in [0.05, 0.1) is 7.11 Å². The Bertz CT molecular complexity index is 630. The molecule has 19 heavy (non-hydrogen) atoms. The van der Waals surface area contributed by atoms with Gasteiger partial charge in [0, 0.05) is 10.3 Å². The lowest BCUT2D eigenvalue weighted by molar-refractivity contribution is 0.420. The van der Waals surface area contributed by atoms with Gasteiger partial charge in [-0.05, 0) is 23.6 Å². The maximum absolute atomic E-state index is 5.23. The predicted molar refractivity (Wildman–Crippen MR) is 84.2 cm³/mol. The van der Waals surface area contributed by atoms with Gasteiger partial charge in [-0.15, -0.1) is 12.6 Å². The lowest BCUT2D eigenvalue weighted by Crippen LogP contribution is -1.83. The molecule has 96 valence electrons. The molecule has 0 aromatic heterocycles. The first-order chi connectivity index (χ1) is 9.31. The van der Waals surface area contributed by atoms with Crippen molar-refractivity contribution in [1.29, 1.82) is 0 Å². The zero-order chi connectivity index (χ0) is 13.5. The van der Waals surface area contributed by atoms with Crippen molar-refractivity contribution in [2.45, 2.75) is 4.90 Å². The second-order valence-corrected chi connectivity index (χ2v) is 4.53. The molecule has 0 N–H and O–H groups in total. The summed E-state index contributed by atoms with van der Waals surface area (Å²) in [6, 6.07) is 24.0. The van der Waals surface area contributed by atoms with Gasteiger partial charge in [0.15, 0.2) is 0 Å². The van der Waals surface area contributed by atoms with Crippen LogP contribution in [0.1, 0.15) is 0 Å². The highest BCUT2D eigenvalue weighted by Gasteiger charge is 1.97. The average Bonchev–Trinajstić information content (AvgIpc) is 2.48. The average molecular weight is 268 g/mol. The van der Waals surface area contributed by atoms with E-state index in [1.807, 2.05) is 54.6 Å². The van der Waals surface area contributed by atoms with Crippen LogP contribution in [-0.2, 0) is 0 Å². The molecule has 0 spiro atoms. The third kappa shape index (κ3) is 3.76. The second-order valence-electron chi connectivity index (χ2n) is 4.02. The molecule has 0 fully saturated rings. The quantitative estimate of drug-likeness (QED) is 0.622. The van der Waals surface area contributed by atoms with Crippen LogP contribution in [0.4, 0.5) is 0 Å². The molecule has 0 saturated carbocycles. The van der Waals surface area contributed by atoms with E-state index in [0.717, 1.165) is 10.6 Å². The number of benzene rings is 3. The van der Waals surface area contributed by atoms with Crippen molar-refractivity contribution in [1.82, 2.24) is 0 Å². The molecule has 0 aliphatic carbocycles. The molecule has 0 aliphatic rings. The molecule has 0 heterocycles. The van der Waals surface area contributed by atoms with Crippen LogP contribution in [0, 0.1) is 0 Å². The standard InChI is InChI=1S/C11H10O.C6H6S/c1-12-11-8-4-6-9-5-2-3-7-10(9)11;7-6-4-2-1-3-5-6/h2-8H,1H3;1-5,7H. The molecule has 0 unspecified atom stereocenters. The largest absolute Gasteiger partial charge is 0.496 e. The van der Waals surface area contributed by atoms with E-state index in [1.165, 1.54) is 10.8 Å². The van der Waals surface area contributed by atoms with Crippen LogP contribution < -0.4 is 4.74 Å². The summed E-state index contributed by atoms with van der Waals surface area (Å²) >= 11 is 4.08. The van der Waals surface area contributed by atoms with Crippen molar-refractivity contribution < 1.29 is 4.74 Å². The Morgan fingerprint density at radius 3 is 2.00 bits per heavy atom. The molecular weight excluding hydrogens is 252 g/mol. The molecule has 3 aromatic rings. The van der Waals surface area contributed by atoms with E-state index in [4.69, 9.17) is 4.74 Å². The fourth-order valence-electron chi connectivity index (χ4n) is 1.80. The normalized spacial score (nSPS) is 9.58. The Morgan fingerprint density at radius 2 is 1.37 bits per heavy atom. The smallest absolute Gasteiger partial charge is 0.126 e. The maximum atomic E-state index is 5.23. The van der Waals surface area contributed by atoms with E-state index in [2.05, 4.69) is 30.8 Å². The Kier molecular flexibility index (Phi) is 4.87. The molecule has 2 heteroatoms. The van der Waals surface area contributed by atoms with E-state index in [-0.39, 0.29) is 0 Å². The Balaban J connectivity index is 0.000000163. The van der Waals surface area contributed by atoms with Gasteiger partial charge in [-0.2, -0.15) is 0 Å². The highest BCUT2D eigenvalue weighted by atomic mass is 32.1. The molecule has 0 atom stereocenters. The summed E-state index contributed by atoms with van der Waals surface area (Å²) in [7, 11) is 1.70. The van der Waals surface area contributed by atoms with Crippen LogP contribution in [0.2, 0.25) is 0 Å². The van der Waals surface area contributed by atoms with Gasteiger partial charge in [0.1, 0.15) is 5.75 Å². The molecule has 0 radical (unpaired) electrons. The van der Waals surface area contributed by atoms with Crippen LogP contribution in [0.15, 0.2) is 77.7 Å². The lowest BCUT2D eigenvalue weighted by Gasteiger charge is -2.03. The summed E-state index contributed by atoms with van der Waals surface area (Å²) in [4.78, 5) is 1.02. The molecule has 0 saturated heterocycles. The molecule has 0 bridgehead atoms. The van der Waals surface area contributed by atoms with Gasteiger partial charge in [-0.1, -0.05) is 54.6 Å². The van der Waals surface area contributed by atoms with Gasteiger partial charge < -0.3 is 4.74 Å². The van der Waals surface area contributed by atoms with Crippen molar-refractivity contribution in [3.63, 3.8) is 0 Å². The minimum absolute atomic E-state index is 0.938. The minimum atomic E-state index is 0.938. The third-order valence-electron chi connectivity index (χ3n) is 2.73. The van der Waals surface area contributed by atoms with Crippen molar-refractivity contribution in [2.75, 3.05) is 7.11 Å². The monoisotopic (exact) mass is 268 g/mol. The summed E-state index contributed by atoms with van der Waals surface area (Å²) in [5.74, 6) is 0.938. The Hall–Kier alpha value is -1.93.